The average molecular weight is 697 g/mol. The molecule has 3 aliphatic heterocycles. The second kappa shape index (κ2) is 15.1. The van der Waals surface area contributed by atoms with E-state index in [-0.39, 0.29) is 58.7 Å². The quantitative estimate of drug-likeness (QED) is 0.338. The standard InChI is InChI=1S/C33H43ClF2N4O6S/c1-19-14-22(15-20(2)46-19)30(21-9-12-26(34)28(36)16-21)31(39-33(42)45-3)32(41)38-29-8-4-7-27(35)25(29)11-10-24-17-37-23-6-5-13-47(43,44)40(24)18-23/h4,7-9,12,16,19-20,22-24,30-31,37H,5-6,10-11,13-15,17-18H2,1-3H3,(H,38,41)(H,39,42)/t19-,20+,22?,23-,24+,30?,31?/m1/s1. The highest BCUT2D eigenvalue weighted by molar-refractivity contribution is 7.89. The van der Waals surface area contributed by atoms with Crippen molar-refractivity contribution in [2.24, 2.45) is 5.92 Å². The van der Waals surface area contributed by atoms with Crippen LogP contribution in [0.4, 0.5) is 19.3 Å². The smallest absolute Gasteiger partial charge is 0.407 e. The highest BCUT2D eigenvalue weighted by Crippen LogP contribution is 2.40. The van der Waals surface area contributed by atoms with Crippen molar-refractivity contribution in [2.45, 2.75) is 88.6 Å². The number of amides is 2. The van der Waals surface area contributed by atoms with E-state index in [0.717, 1.165) is 6.42 Å². The topological polar surface area (TPSA) is 126 Å². The predicted molar refractivity (Wildman–Crippen MR) is 175 cm³/mol. The molecule has 3 heterocycles. The van der Waals surface area contributed by atoms with Crippen LogP contribution in [0.2, 0.25) is 5.02 Å². The van der Waals surface area contributed by atoms with Gasteiger partial charge >= 0.3 is 6.09 Å². The average Bonchev–Trinajstić information content (AvgIpc) is 3.13. The number of nitrogens with one attached hydrogen (secondary N) is 3. The number of piperazine rings is 1. The molecule has 3 saturated heterocycles. The molecule has 2 bridgehead atoms. The minimum atomic E-state index is -3.44. The number of ether oxygens (including phenoxy) is 2. The third-order valence-electron chi connectivity index (χ3n) is 9.54. The van der Waals surface area contributed by atoms with E-state index in [1.807, 2.05) is 13.8 Å². The Morgan fingerprint density at radius 1 is 1.15 bits per heavy atom. The lowest BCUT2D eigenvalue weighted by Crippen LogP contribution is -2.57. The molecule has 0 radical (unpaired) electrons. The number of rotatable bonds is 9. The Balaban J connectivity index is 1.44. The van der Waals surface area contributed by atoms with Crippen LogP contribution in [0.1, 0.15) is 63.0 Å². The number of hydrogen-bond acceptors (Lipinski definition) is 7. The molecule has 0 aliphatic carbocycles. The largest absolute Gasteiger partial charge is 0.453 e. The zero-order valence-electron chi connectivity index (χ0n) is 26.8. The molecule has 14 heteroatoms. The van der Waals surface area contributed by atoms with Gasteiger partial charge in [0.2, 0.25) is 15.9 Å². The highest BCUT2D eigenvalue weighted by atomic mass is 35.5. The lowest BCUT2D eigenvalue weighted by molar-refractivity contribution is -0.120. The normalized spacial score (nSPS) is 28.4. The van der Waals surface area contributed by atoms with Gasteiger partial charge in [0.15, 0.2) is 0 Å². The first-order valence-corrected chi connectivity index (χ1v) is 18.1. The number of methoxy groups -OCH3 is 1. The fourth-order valence-electron chi connectivity index (χ4n) is 7.41. The molecule has 258 valence electrons. The Bertz CT molecular complexity index is 1560. The zero-order valence-corrected chi connectivity index (χ0v) is 28.4. The number of sulfonamides is 1. The Kier molecular flexibility index (Phi) is 11.4. The number of carbonyl (C=O) groups excluding carboxylic acids is 2. The fraction of sp³-hybridized carbons (Fsp3) is 0.576. The van der Waals surface area contributed by atoms with E-state index in [2.05, 4.69) is 16.0 Å². The predicted octanol–water partition coefficient (Wildman–Crippen LogP) is 4.97. The van der Waals surface area contributed by atoms with Gasteiger partial charge in [-0.15, -0.1) is 0 Å². The van der Waals surface area contributed by atoms with Gasteiger partial charge in [0.25, 0.3) is 0 Å². The van der Waals surface area contributed by atoms with E-state index in [1.165, 1.54) is 31.4 Å². The van der Waals surface area contributed by atoms with Crippen LogP contribution in [-0.2, 0) is 30.7 Å². The first-order valence-electron chi connectivity index (χ1n) is 16.1. The molecule has 5 rings (SSSR count). The van der Waals surface area contributed by atoms with Gasteiger partial charge in [-0.3, -0.25) is 4.79 Å². The zero-order chi connectivity index (χ0) is 33.9. The summed E-state index contributed by atoms with van der Waals surface area (Å²) in [7, 11) is -2.26. The van der Waals surface area contributed by atoms with E-state index in [1.54, 1.807) is 16.4 Å². The van der Waals surface area contributed by atoms with Crippen LogP contribution < -0.4 is 16.0 Å². The lowest BCUT2D eigenvalue weighted by atomic mass is 9.74. The summed E-state index contributed by atoms with van der Waals surface area (Å²) in [5.74, 6) is -2.72. The second-order valence-corrected chi connectivity index (χ2v) is 15.3. The molecule has 2 amide bonds. The van der Waals surface area contributed by atoms with Crippen molar-refractivity contribution in [3.8, 4) is 0 Å². The molecule has 2 aromatic rings. The Morgan fingerprint density at radius 2 is 1.89 bits per heavy atom. The summed E-state index contributed by atoms with van der Waals surface area (Å²) >= 11 is 6.00. The maximum atomic E-state index is 15.4. The van der Waals surface area contributed by atoms with Gasteiger partial charge in [0.05, 0.1) is 30.1 Å². The van der Waals surface area contributed by atoms with Crippen molar-refractivity contribution in [1.82, 2.24) is 14.9 Å². The fourth-order valence-corrected chi connectivity index (χ4v) is 9.33. The number of nitrogens with zero attached hydrogens (tertiary/aromatic N) is 1. The van der Waals surface area contributed by atoms with E-state index >= 15 is 4.39 Å². The Morgan fingerprint density at radius 3 is 2.60 bits per heavy atom. The Hall–Kier alpha value is -2.84. The summed E-state index contributed by atoms with van der Waals surface area (Å²) in [5.41, 5.74) is 0.868. The number of carbonyl (C=O) groups is 2. The SMILES string of the molecule is COC(=O)NC(C(=O)Nc1cccc(F)c1CC[C@H]1CN[C@@H]2CCCS(=O)(=O)N1C2)C(c1ccc(Cl)c(F)c1)C1C[C@@H](C)O[C@@H](C)C1. The van der Waals surface area contributed by atoms with Crippen molar-refractivity contribution in [3.63, 3.8) is 0 Å². The van der Waals surface area contributed by atoms with Crippen LogP contribution in [-0.4, -0.2) is 81.0 Å². The maximum absolute atomic E-state index is 15.4. The first-order chi connectivity index (χ1) is 22.4. The monoisotopic (exact) mass is 696 g/mol. The minimum absolute atomic E-state index is 0.0794. The number of anilines is 1. The first kappa shape index (κ1) is 35.5. The van der Waals surface area contributed by atoms with Crippen LogP contribution in [0.5, 0.6) is 0 Å². The molecule has 0 spiro atoms. The van der Waals surface area contributed by atoms with Gasteiger partial charge in [-0.05, 0) is 88.1 Å². The van der Waals surface area contributed by atoms with E-state index in [4.69, 9.17) is 21.1 Å². The number of fused-ring (bicyclic) bond motifs is 2. The Labute approximate surface area is 279 Å². The molecule has 0 saturated carbocycles. The van der Waals surface area contributed by atoms with Crippen LogP contribution in [0.25, 0.3) is 0 Å². The van der Waals surface area contributed by atoms with Crippen LogP contribution in [0.3, 0.4) is 0 Å². The molecule has 0 aromatic heterocycles. The summed E-state index contributed by atoms with van der Waals surface area (Å²) in [6, 6.07) is 7.12. The summed E-state index contributed by atoms with van der Waals surface area (Å²) in [4.78, 5) is 26.9. The van der Waals surface area contributed by atoms with Crippen molar-refractivity contribution in [1.29, 1.82) is 0 Å². The van der Waals surface area contributed by atoms with E-state index in [0.29, 0.717) is 44.3 Å². The number of halogens is 3. The van der Waals surface area contributed by atoms with Crippen molar-refractivity contribution in [3.05, 3.63) is 64.2 Å². The summed E-state index contributed by atoms with van der Waals surface area (Å²) < 4.78 is 68.6. The molecular formula is C33H43ClF2N4O6S. The van der Waals surface area contributed by atoms with E-state index in [9.17, 15) is 22.4 Å². The minimum Gasteiger partial charge on any atom is -0.453 e. The van der Waals surface area contributed by atoms with Crippen LogP contribution in [0, 0.1) is 17.6 Å². The van der Waals surface area contributed by atoms with Gasteiger partial charge in [-0.25, -0.2) is 22.0 Å². The van der Waals surface area contributed by atoms with Crippen molar-refractivity contribution >= 4 is 39.3 Å². The number of benzene rings is 2. The maximum Gasteiger partial charge on any atom is 0.407 e. The van der Waals surface area contributed by atoms with E-state index < -0.39 is 45.6 Å². The van der Waals surface area contributed by atoms with Crippen LogP contribution in [0.15, 0.2) is 36.4 Å². The molecule has 3 aliphatic rings. The third kappa shape index (κ3) is 8.43. The van der Waals surface area contributed by atoms with Gasteiger partial charge in [0, 0.05) is 42.3 Å². The molecule has 3 fully saturated rings. The molecule has 47 heavy (non-hydrogen) atoms. The van der Waals surface area contributed by atoms with Gasteiger partial charge in [-0.2, -0.15) is 4.31 Å². The molecule has 8 atom stereocenters. The summed E-state index contributed by atoms with van der Waals surface area (Å²) in [6.45, 7) is 4.67. The summed E-state index contributed by atoms with van der Waals surface area (Å²) in [6.07, 6.45) is 1.75. The molecular weight excluding hydrogens is 654 g/mol. The van der Waals surface area contributed by atoms with Gasteiger partial charge in [-0.1, -0.05) is 23.7 Å². The molecule has 3 N–H and O–H groups in total. The lowest BCUT2D eigenvalue weighted by Gasteiger charge is -2.40. The molecule has 4 unspecified atom stereocenters. The van der Waals surface area contributed by atoms with Gasteiger partial charge in [0.1, 0.15) is 17.7 Å². The molecule has 2 aromatic carbocycles. The highest BCUT2D eigenvalue weighted by Gasteiger charge is 2.41. The van der Waals surface area contributed by atoms with Gasteiger partial charge < -0.3 is 25.4 Å². The second-order valence-electron chi connectivity index (χ2n) is 12.9. The number of alkyl carbamates (subject to hydrolysis) is 1. The van der Waals surface area contributed by atoms with Crippen LogP contribution >= 0.6 is 11.6 Å². The van der Waals surface area contributed by atoms with Crippen molar-refractivity contribution < 1.29 is 36.3 Å². The molecule has 10 nitrogen and oxygen atoms in total. The van der Waals surface area contributed by atoms with Crippen molar-refractivity contribution in [2.75, 3.05) is 31.3 Å². The number of hydrogen-bond donors (Lipinski definition) is 3. The third-order valence-corrected chi connectivity index (χ3v) is 11.8. The summed E-state index contributed by atoms with van der Waals surface area (Å²) in [5, 5.41) is 8.83.